The average molecular weight is 427 g/mol. The number of pyridine rings is 1. The van der Waals surface area contributed by atoms with Gasteiger partial charge in [0.25, 0.3) is 5.91 Å². The van der Waals surface area contributed by atoms with E-state index >= 15 is 0 Å². The van der Waals surface area contributed by atoms with Crippen LogP contribution in [0.15, 0.2) is 42.5 Å². The molecule has 0 unspecified atom stereocenters. The molecule has 1 aromatic carbocycles. The van der Waals surface area contributed by atoms with Crippen LogP contribution < -0.4 is 10.1 Å². The number of carbonyl (C=O) groups excluding carboxylic acids is 1. The Labute approximate surface area is 178 Å². The zero-order chi connectivity index (χ0) is 21.1. The van der Waals surface area contributed by atoms with E-state index in [1.165, 1.54) is 29.1 Å². The van der Waals surface area contributed by atoms with Crippen LogP contribution in [0, 0.1) is 19.7 Å². The first-order valence-electron chi connectivity index (χ1n) is 9.85. The lowest BCUT2D eigenvalue weighted by molar-refractivity contribution is -0.134. The summed E-state index contributed by atoms with van der Waals surface area (Å²) >= 11 is 1.59. The first-order valence-corrected chi connectivity index (χ1v) is 10.7. The number of benzene rings is 1. The van der Waals surface area contributed by atoms with Crippen molar-refractivity contribution in [3.8, 4) is 5.75 Å². The van der Waals surface area contributed by atoms with Crippen molar-refractivity contribution >= 4 is 28.2 Å². The van der Waals surface area contributed by atoms with Crippen LogP contribution in [0.1, 0.15) is 35.1 Å². The van der Waals surface area contributed by atoms with Gasteiger partial charge in [-0.1, -0.05) is 6.07 Å². The number of hydrogen-bond donors (Lipinski definition) is 1. The molecule has 0 bridgehead atoms. The third kappa shape index (κ3) is 4.59. The molecule has 1 saturated heterocycles. The molecule has 1 fully saturated rings. The summed E-state index contributed by atoms with van der Waals surface area (Å²) in [5.74, 6) is 0.742. The fourth-order valence-corrected chi connectivity index (χ4v) is 4.30. The van der Waals surface area contributed by atoms with Crippen LogP contribution >= 0.6 is 11.3 Å². The molecule has 0 spiro atoms. The van der Waals surface area contributed by atoms with E-state index in [0.29, 0.717) is 18.1 Å². The van der Waals surface area contributed by atoms with Crippen LogP contribution in [-0.4, -0.2) is 33.9 Å². The molecule has 0 radical (unpaired) electrons. The molecular formula is C22H23FN4O2S. The Morgan fingerprint density at radius 2 is 2.03 bits per heavy atom. The number of anilines is 2. The third-order valence-corrected chi connectivity index (χ3v) is 6.11. The molecule has 3 heterocycles. The number of thiazole rings is 1. The highest BCUT2D eigenvalue weighted by Gasteiger charge is 2.31. The lowest BCUT2D eigenvalue weighted by Crippen LogP contribution is -2.34. The van der Waals surface area contributed by atoms with Gasteiger partial charge in [-0.05, 0) is 63.1 Å². The number of ether oxygens (including phenoxy) is 1. The van der Waals surface area contributed by atoms with E-state index in [-0.39, 0.29) is 24.4 Å². The molecule has 0 aliphatic carbocycles. The Bertz CT molecular complexity index is 1020. The van der Waals surface area contributed by atoms with Gasteiger partial charge in [-0.3, -0.25) is 4.79 Å². The summed E-state index contributed by atoms with van der Waals surface area (Å²) in [6, 6.07) is 11.4. The SMILES string of the molecule is Cc1nc(Nc2cccc([C@@H]3CCCN3C(=O)COc3ccc(F)cc3)n2)sc1C. The number of halogens is 1. The van der Waals surface area contributed by atoms with Gasteiger partial charge in [-0.25, -0.2) is 14.4 Å². The number of aryl methyl sites for hydroxylation is 2. The van der Waals surface area contributed by atoms with Crippen molar-refractivity contribution in [1.29, 1.82) is 0 Å². The molecule has 1 atom stereocenters. The standard InChI is InChI=1S/C22H23FN4O2S/c1-14-15(2)30-22(24-14)26-20-7-3-5-18(25-20)19-6-4-12-27(19)21(28)13-29-17-10-8-16(23)9-11-17/h3,5,7-11,19H,4,6,12-13H2,1-2H3,(H,24,25,26)/t19-/m0/s1. The zero-order valence-corrected chi connectivity index (χ0v) is 17.7. The second-order valence-corrected chi connectivity index (χ2v) is 8.42. The van der Waals surface area contributed by atoms with E-state index in [4.69, 9.17) is 9.72 Å². The molecule has 30 heavy (non-hydrogen) atoms. The minimum atomic E-state index is -0.337. The lowest BCUT2D eigenvalue weighted by atomic mass is 10.1. The van der Waals surface area contributed by atoms with Gasteiger partial charge in [0.15, 0.2) is 11.7 Å². The van der Waals surface area contributed by atoms with Crippen molar-refractivity contribution in [2.24, 2.45) is 0 Å². The van der Waals surface area contributed by atoms with Gasteiger partial charge < -0.3 is 15.0 Å². The summed E-state index contributed by atoms with van der Waals surface area (Å²) in [6.45, 7) is 4.60. The third-order valence-electron chi connectivity index (χ3n) is 5.12. The van der Waals surface area contributed by atoms with E-state index in [0.717, 1.165) is 29.4 Å². The molecule has 156 valence electrons. The maximum absolute atomic E-state index is 13.0. The smallest absolute Gasteiger partial charge is 0.261 e. The molecule has 8 heteroatoms. The predicted molar refractivity (Wildman–Crippen MR) is 115 cm³/mol. The van der Waals surface area contributed by atoms with Crippen LogP contribution in [0.2, 0.25) is 0 Å². The van der Waals surface area contributed by atoms with Gasteiger partial charge >= 0.3 is 0 Å². The Morgan fingerprint density at radius 3 is 2.77 bits per heavy atom. The summed E-state index contributed by atoms with van der Waals surface area (Å²) < 4.78 is 18.6. The Hall–Kier alpha value is -3.00. The summed E-state index contributed by atoms with van der Waals surface area (Å²) in [6.07, 6.45) is 1.77. The molecule has 1 aliphatic rings. The van der Waals surface area contributed by atoms with E-state index < -0.39 is 0 Å². The van der Waals surface area contributed by atoms with Crippen molar-refractivity contribution in [2.75, 3.05) is 18.5 Å². The molecule has 2 aromatic heterocycles. The van der Waals surface area contributed by atoms with E-state index in [1.54, 1.807) is 11.3 Å². The summed E-state index contributed by atoms with van der Waals surface area (Å²) in [5, 5.41) is 4.07. The van der Waals surface area contributed by atoms with Crippen molar-refractivity contribution in [2.45, 2.75) is 32.7 Å². The van der Waals surface area contributed by atoms with Crippen LogP contribution in [0.3, 0.4) is 0 Å². The number of rotatable bonds is 6. The van der Waals surface area contributed by atoms with E-state index in [9.17, 15) is 9.18 Å². The second kappa shape index (κ2) is 8.79. The van der Waals surface area contributed by atoms with Crippen molar-refractivity contribution in [1.82, 2.24) is 14.9 Å². The molecular weight excluding hydrogens is 403 g/mol. The van der Waals surface area contributed by atoms with Crippen LogP contribution in [0.25, 0.3) is 0 Å². The first kappa shape index (κ1) is 20.3. The fraction of sp³-hybridized carbons (Fsp3) is 0.318. The zero-order valence-electron chi connectivity index (χ0n) is 16.9. The summed E-state index contributed by atoms with van der Waals surface area (Å²) in [5.41, 5.74) is 1.85. The maximum Gasteiger partial charge on any atom is 0.261 e. The number of hydrogen-bond acceptors (Lipinski definition) is 6. The van der Waals surface area contributed by atoms with Crippen LogP contribution in [-0.2, 0) is 4.79 Å². The van der Waals surface area contributed by atoms with Crippen molar-refractivity contribution < 1.29 is 13.9 Å². The van der Waals surface area contributed by atoms with Gasteiger partial charge in [0.2, 0.25) is 0 Å². The topological polar surface area (TPSA) is 67.4 Å². The molecule has 6 nitrogen and oxygen atoms in total. The highest BCUT2D eigenvalue weighted by Crippen LogP contribution is 2.32. The largest absolute Gasteiger partial charge is 0.484 e. The Balaban J connectivity index is 1.43. The Morgan fingerprint density at radius 1 is 1.23 bits per heavy atom. The second-order valence-electron chi connectivity index (χ2n) is 7.22. The minimum Gasteiger partial charge on any atom is -0.484 e. The molecule has 1 amide bonds. The average Bonchev–Trinajstić information content (AvgIpc) is 3.34. The van der Waals surface area contributed by atoms with Crippen LogP contribution in [0.4, 0.5) is 15.3 Å². The van der Waals surface area contributed by atoms with Gasteiger partial charge in [-0.2, -0.15) is 0 Å². The van der Waals surface area contributed by atoms with E-state index in [1.807, 2.05) is 36.9 Å². The summed E-state index contributed by atoms with van der Waals surface area (Å²) in [7, 11) is 0. The van der Waals surface area contributed by atoms with Gasteiger partial charge in [0.1, 0.15) is 17.4 Å². The number of amides is 1. The highest BCUT2D eigenvalue weighted by molar-refractivity contribution is 7.15. The van der Waals surface area contributed by atoms with Gasteiger partial charge in [0, 0.05) is 11.4 Å². The molecule has 3 aromatic rings. The number of likely N-dealkylation sites (tertiary alicyclic amines) is 1. The first-order chi connectivity index (χ1) is 14.5. The lowest BCUT2D eigenvalue weighted by Gasteiger charge is -2.24. The predicted octanol–water partition coefficient (Wildman–Crippen LogP) is 4.78. The van der Waals surface area contributed by atoms with Gasteiger partial charge in [-0.15, -0.1) is 11.3 Å². The molecule has 1 N–H and O–H groups in total. The maximum atomic E-state index is 13.0. The molecule has 1 aliphatic heterocycles. The number of nitrogens with one attached hydrogen (secondary N) is 1. The normalized spacial score (nSPS) is 16.0. The van der Waals surface area contributed by atoms with Crippen molar-refractivity contribution in [3.63, 3.8) is 0 Å². The van der Waals surface area contributed by atoms with Crippen LogP contribution in [0.5, 0.6) is 5.75 Å². The quantitative estimate of drug-likeness (QED) is 0.614. The number of nitrogens with zero attached hydrogens (tertiary/aromatic N) is 3. The van der Waals surface area contributed by atoms with Gasteiger partial charge in [0.05, 0.1) is 17.4 Å². The highest BCUT2D eigenvalue weighted by atomic mass is 32.1. The number of carbonyl (C=O) groups is 1. The summed E-state index contributed by atoms with van der Waals surface area (Å²) in [4.78, 5) is 25.0. The minimum absolute atomic E-state index is 0.0856. The monoisotopic (exact) mass is 426 g/mol. The molecule has 4 rings (SSSR count). The fourth-order valence-electron chi connectivity index (χ4n) is 3.47. The van der Waals surface area contributed by atoms with Crippen molar-refractivity contribution in [3.05, 3.63) is 64.5 Å². The van der Waals surface area contributed by atoms with E-state index in [2.05, 4.69) is 10.3 Å². The Kier molecular flexibility index (Phi) is 5.94. The molecule has 0 saturated carbocycles. The number of aromatic nitrogens is 2.